The quantitative estimate of drug-likeness (QED) is 0.687. The van der Waals surface area contributed by atoms with Gasteiger partial charge in [0.25, 0.3) is 5.56 Å². The molecule has 3 rings (SSSR count). The zero-order valence-corrected chi connectivity index (χ0v) is 14.5. The minimum absolute atomic E-state index is 0.0134. The summed E-state index contributed by atoms with van der Waals surface area (Å²) in [6, 6.07) is 7.14. The van der Waals surface area contributed by atoms with Crippen molar-refractivity contribution in [3.63, 3.8) is 0 Å². The Labute approximate surface area is 143 Å². The largest absolute Gasteiger partial charge is 0.493 e. The molecular weight excluding hydrogens is 344 g/mol. The average molecular weight is 360 g/mol. The summed E-state index contributed by atoms with van der Waals surface area (Å²) >= 11 is 0. The molecule has 2 aromatic heterocycles. The Kier molecular flexibility index (Phi) is 4.49. The van der Waals surface area contributed by atoms with E-state index in [-0.39, 0.29) is 22.0 Å². The fourth-order valence-electron chi connectivity index (χ4n) is 2.22. The Balaban J connectivity index is 2.20. The minimum Gasteiger partial charge on any atom is -0.493 e. The van der Waals surface area contributed by atoms with E-state index in [0.29, 0.717) is 17.9 Å². The molecule has 0 aliphatic carbocycles. The third-order valence-electron chi connectivity index (χ3n) is 3.38. The lowest BCUT2D eigenvalue weighted by Crippen LogP contribution is -2.13. The predicted molar refractivity (Wildman–Crippen MR) is 92.3 cm³/mol. The molecule has 2 heterocycles. The van der Waals surface area contributed by atoms with Gasteiger partial charge in [-0.05, 0) is 18.6 Å². The molecule has 0 fully saturated rings. The molecule has 0 aliphatic rings. The fraction of sp³-hybridized carbons (Fsp3) is 0.250. The van der Waals surface area contributed by atoms with Crippen LogP contribution in [0.25, 0.3) is 22.4 Å². The SMILES string of the molecule is CCCOc1ccccc1-c1nc2nc(S(C)(=O)=O)ncc2c(=O)[nH]1. The lowest BCUT2D eigenvalue weighted by Gasteiger charge is -2.10. The number of nitrogens with zero attached hydrogens (tertiary/aromatic N) is 3. The zero-order chi connectivity index (χ0) is 18.0. The van der Waals surface area contributed by atoms with Crippen LogP contribution in [0.1, 0.15) is 13.3 Å². The van der Waals surface area contributed by atoms with E-state index in [1.165, 1.54) is 0 Å². The molecule has 0 atom stereocenters. The van der Waals surface area contributed by atoms with Gasteiger partial charge in [-0.3, -0.25) is 4.79 Å². The van der Waals surface area contributed by atoms with Gasteiger partial charge < -0.3 is 9.72 Å². The molecule has 25 heavy (non-hydrogen) atoms. The molecule has 0 spiro atoms. The second-order valence-electron chi connectivity index (χ2n) is 5.42. The highest BCUT2D eigenvalue weighted by molar-refractivity contribution is 7.90. The smallest absolute Gasteiger partial charge is 0.262 e. The number of aromatic amines is 1. The van der Waals surface area contributed by atoms with Gasteiger partial charge in [0, 0.05) is 12.5 Å². The molecule has 0 saturated carbocycles. The first-order chi connectivity index (χ1) is 11.9. The van der Waals surface area contributed by atoms with Crippen LogP contribution in [0.4, 0.5) is 0 Å². The highest BCUT2D eigenvalue weighted by Gasteiger charge is 2.16. The maximum absolute atomic E-state index is 12.3. The first-order valence-electron chi connectivity index (χ1n) is 7.59. The van der Waals surface area contributed by atoms with Crippen molar-refractivity contribution >= 4 is 20.9 Å². The van der Waals surface area contributed by atoms with E-state index < -0.39 is 15.4 Å². The number of sulfone groups is 1. The molecule has 0 amide bonds. The number of hydrogen-bond acceptors (Lipinski definition) is 7. The summed E-state index contributed by atoms with van der Waals surface area (Å²) < 4.78 is 28.9. The van der Waals surface area contributed by atoms with Crippen LogP contribution in [0.15, 0.2) is 40.4 Å². The van der Waals surface area contributed by atoms with Crippen molar-refractivity contribution in [2.45, 2.75) is 18.5 Å². The lowest BCUT2D eigenvalue weighted by molar-refractivity contribution is 0.318. The normalized spacial score (nSPS) is 11.6. The molecule has 3 aromatic rings. The number of fused-ring (bicyclic) bond motifs is 1. The highest BCUT2D eigenvalue weighted by atomic mass is 32.2. The maximum atomic E-state index is 12.3. The van der Waals surface area contributed by atoms with Crippen LogP contribution >= 0.6 is 0 Å². The third-order valence-corrected chi connectivity index (χ3v) is 4.24. The molecule has 0 aliphatic heterocycles. The second kappa shape index (κ2) is 6.60. The van der Waals surface area contributed by atoms with Crippen molar-refractivity contribution in [2.24, 2.45) is 0 Å². The van der Waals surface area contributed by atoms with Crippen LogP contribution in [0.2, 0.25) is 0 Å². The number of aromatic nitrogens is 4. The van der Waals surface area contributed by atoms with Crippen molar-refractivity contribution in [1.29, 1.82) is 0 Å². The van der Waals surface area contributed by atoms with E-state index in [9.17, 15) is 13.2 Å². The number of benzene rings is 1. The summed E-state index contributed by atoms with van der Waals surface area (Å²) in [6.07, 6.45) is 2.99. The number of nitrogens with one attached hydrogen (secondary N) is 1. The zero-order valence-electron chi connectivity index (χ0n) is 13.7. The van der Waals surface area contributed by atoms with Gasteiger partial charge in [-0.1, -0.05) is 19.1 Å². The van der Waals surface area contributed by atoms with Crippen LogP contribution in [-0.4, -0.2) is 41.2 Å². The Bertz CT molecular complexity index is 1090. The maximum Gasteiger partial charge on any atom is 0.262 e. The summed E-state index contributed by atoms with van der Waals surface area (Å²) in [4.78, 5) is 26.9. The Morgan fingerprint density at radius 1 is 1.20 bits per heavy atom. The number of para-hydroxylation sites is 1. The van der Waals surface area contributed by atoms with Crippen molar-refractivity contribution in [2.75, 3.05) is 12.9 Å². The van der Waals surface area contributed by atoms with Crippen molar-refractivity contribution in [3.05, 3.63) is 40.8 Å². The molecule has 0 radical (unpaired) electrons. The number of rotatable bonds is 5. The fourth-order valence-corrected chi connectivity index (χ4v) is 2.71. The summed E-state index contributed by atoms with van der Waals surface area (Å²) in [6.45, 7) is 2.51. The molecule has 0 unspecified atom stereocenters. The van der Waals surface area contributed by atoms with E-state index in [4.69, 9.17) is 4.74 Å². The van der Waals surface area contributed by atoms with Gasteiger partial charge in [0.15, 0.2) is 5.65 Å². The topological polar surface area (TPSA) is 115 Å². The monoisotopic (exact) mass is 360 g/mol. The molecule has 1 N–H and O–H groups in total. The lowest BCUT2D eigenvalue weighted by atomic mass is 10.2. The summed E-state index contributed by atoms with van der Waals surface area (Å²) in [5.74, 6) is 0.826. The van der Waals surface area contributed by atoms with Crippen LogP contribution in [0, 0.1) is 0 Å². The predicted octanol–water partition coefficient (Wildman–Crippen LogP) is 1.57. The Morgan fingerprint density at radius 2 is 1.96 bits per heavy atom. The van der Waals surface area contributed by atoms with Crippen LogP contribution in [-0.2, 0) is 9.84 Å². The van der Waals surface area contributed by atoms with Crippen LogP contribution in [0.5, 0.6) is 5.75 Å². The van der Waals surface area contributed by atoms with Crippen molar-refractivity contribution in [3.8, 4) is 17.1 Å². The van der Waals surface area contributed by atoms with E-state index in [2.05, 4.69) is 19.9 Å². The molecule has 0 bridgehead atoms. The van der Waals surface area contributed by atoms with Gasteiger partial charge in [0.1, 0.15) is 17.0 Å². The van der Waals surface area contributed by atoms with Gasteiger partial charge in [-0.25, -0.2) is 18.4 Å². The van der Waals surface area contributed by atoms with E-state index in [0.717, 1.165) is 18.9 Å². The molecule has 130 valence electrons. The summed E-state index contributed by atoms with van der Waals surface area (Å²) in [5.41, 5.74) is 0.152. The average Bonchev–Trinajstić information content (AvgIpc) is 2.59. The second-order valence-corrected chi connectivity index (χ2v) is 7.33. The highest BCUT2D eigenvalue weighted by Crippen LogP contribution is 2.27. The summed E-state index contributed by atoms with van der Waals surface area (Å²) in [7, 11) is -3.60. The minimum atomic E-state index is -3.60. The third kappa shape index (κ3) is 3.50. The van der Waals surface area contributed by atoms with Crippen LogP contribution < -0.4 is 10.3 Å². The van der Waals surface area contributed by atoms with Gasteiger partial charge in [-0.15, -0.1) is 0 Å². The van der Waals surface area contributed by atoms with E-state index in [1.807, 2.05) is 13.0 Å². The molecule has 1 aromatic carbocycles. The van der Waals surface area contributed by atoms with Crippen molar-refractivity contribution < 1.29 is 13.2 Å². The summed E-state index contributed by atoms with van der Waals surface area (Å²) in [5, 5.41) is -0.261. The van der Waals surface area contributed by atoms with Crippen LogP contribution in [0.3, 0.4) is 0 Å². The molecule has 9 heteroatoms. The van der Waals surface area contributed by atoms with E-state index >= 15 is 0 Å². The van der Waals surface area contributed by atoms with Crippen molar-refractivity contribution in [1.82, 2.24) is 19.9 Å². The standard InChI is InChI=1S/C16H16N4O4S/c1-3-8-24-12-7-5-4-6-10(12)13-18-14-11(15(21)19-13)9-17-16(20-14)25(2,22)23/h4-7,9H,3,8H2,1-2H3,(H,17,18,19,20,21). The number of ether oxygens (including phenoxy) is 1. The Hall–Kier alpha value is -2.81. The molecule has 8 nitrogen and oxygen atoms in total. The van der Waals surface area contributed by atoms with Gasteiger partial charge in [-0.2, -0.15) is 4.98 Å². The number of H-pyrrole nitrogens is 1. The first kappa shape index (κ1) is 17.0. The van der Waals surface area contributed by atoms with Gasteiger partial charge in [0.2, 0.25) is 15.0 Å². The first-order valence-corrected chi connectivity index (χ1v) is 9.48. The van der Waals surface area contributed by atoms with Gasteiger partial charge in [0.05, 0.1) is 12.2 Å². The Morgan fingerprint density at radius 3 is 2.68 bits per heavy atom. The van der Waals surface area contributed by atoms with Gasteiger partial charge >= 0.3 is 0 Å². The number of hydrogen-bond donors (Lipinski definition) is 1. The molecule has 0 saturated heterocycles. The molecular formula is C16H16N4O4S. The van der Waals surface area contributed by atoms with E-state index in [1.54, 1.807) is 18.2 Å².